The molecule has 0 aromatic rings. The van der Waals surface area contributed by atoms with Crippen molar-refractivity contribution < 1.29 is 0 Å². The molecule has 14 heavy (non-hydrogen) atoms. The predicted octanol–water partition coefficient (Wildman–Crippen LogP) is 1.82. The van der Waals surface area contributed by atoms with Crippen LogP contribution >= 0.6 is 0 Å². The lowest BCUT2D eigenvalue weighted by Crippen LogP contribution is -2.44. The van der Waals surface area contributed by atoms with Crippen molar-refractivity contribution in [3.63, 3.8) is 0 Å². The Balaban J connectivity index is 1.63. The molecule has 1 radical (unpaired) electrons. The Labute approximate surface area is 88.1 Å². The number of rotatable bonds is 4. The molecule has 0 aromatic heterocycles. The summed E-state index contributed by atoms with van der Waals surface area (Å²) in [6.07, 6.45) is 5.54. The zero-order chi connectivity index (χ0) is 9.97. The third-order valence-corrected chi connectivity index (χ3v) is 3.18. The first-order valence-corrected chi connectivity index (χ1v) is 6.01. The van der Waals surface area contributed by atoms with Crippen LogP contribution in [0.3, 0.4) is 0 Å². The smallest absolute Gasteiger partial charge is 0.00940 e. The molecule has 0 amide bonds. The molecule has 2 aliphatic rings. The molecule has 2 nitrogen and oxygen atoms in total. The maximum Gasteiger partial charge on any atom is 0.00940 e. The molecule has 0 aromatic carbocycles. The minimum Gasteiger partial charge on any atom is -0.311 e. The first kappa shape index (κ1) is 10.4. The summed E-state index contributed by atoms with van der Waals surface area (Å²) < 4.78 is 0. The van der Waals surface area contributed by atoms with Gasteiger partial charge in [-0.2, -0.15) is 0 Å². The van der Waals surface area contributed by atoms with Gasteiger partial charge in [-0.1, -0.05) is 13.8 Å². The molecule has 1 saturated heterocycles. The molecule has 2 rings (SSSR count). The Morgan fingerprint density at radius 2 is 1.64 bits per heavy atom. The van der Waals surface area contributed by atoms with Crippen molar-refractivity contribution in [3.05, 3.63) is 5.92 Å². The highest BCUT2D eigenvalue weighted by atomic mass is 15.1. The monoisotopic (exact) mass is 195 g/mol. The quantitative estimate of drug-likeness (QED) is 0.736. The van der Waals surface area contributed by atoms with E-state index in [1.54, 1.807) is 5.92 Å². The van der Waals surface area contributed by atoms with Gasteiger partial charge in [0.05, 0.1) is 0 Å². The number of nitrogens with zero attached hydrogens (tertiary/aromatic N) is 1. The predicted molar refractivity (Wildman–Crippen MR) is 60.2 cm³/mol. The summed E-state index contributed by atoms with van der Waals surface area (Å²) in [5.74, 6) is 1.54. The van der Waals surface area contributed by atoms with Crippen molar-refractivity contribution in [1.29, 1.82) is 0 Å². The van der Waals surface area contributed by atoms with Crippen LogP contribution in [0.4, 0.5) is 0 Å². The van der Waals surface area contributed by atoms with E-state index in [0.29, 0.717) is 0 Å². The van der Waals surface area contributed by atoms with Crippen LogP contribution in [0.5, 0.6) is 0 Å². The molecule has 0 unspecified atom stereocenters. The lowest BCUT2D eigenvalue weighted by molar-refractivity contribution is 0.203. The van der Waals surface area contributed by atoms with Gasteiger partial charge in [0.2, 0.25) is 0 Å². The first-order chi connectivity index (χ1) is 6.74. The second-order valence-corrected chi connectivity index (χ2v) is 5.20. The Kier molecular flexibility index (Phi) is 3.45. The Hall–Kier alpha value is -0.0800. The standard InChI is InChI=1S/C12H23N2/c1-10(2)9-14-7-5-12(6-8-14)13-11-3-4-11/h11-13H,3-9H2,1-2H3. The molecule has 1 N–H and O–H groups in total. The first-order valence-electron chi connectivity index (χ1n) is 6.01. The molecule has 0 atom stereocenters. The second kappa shape index (κ2) is 4.63. The molecule has 1 aliphatic carbocycles. The van der Waals surface area contributed by atoms with E-state index in [9.17, 15) is 0 Å². The van der Waals surface area contributed by atoms with Gasteiger partial charge in [-0.25, -0.2) is 0 Å². The molecule has 0 bridgehead atoms. The van der Waals surface area contributed by atoms with E-state index in [4.69, 9.17) is 0 Å². The van der Waals surface area contributed by atoms with Crippen LogP contribution in [0.25, 0.3) is 0 Å². The normalized spacial score (nSPS) is 25.9. The lowest BCUT2D eigenvalue weighted by Gasteiger charge is -2.33. The summed E-state index contributed by atoms with van der Waals surface area (Å²) in [5.41, 5.74) is 0. The molecular formula is C12H23N2. The number of hydrogen-bond donors (Lipinski definition) is 1. The van der Waals surface area contributed by atoms with E-state index in [1.807, 2.05) is 0 Å². The zero-order valence-electron chi connectivity index (χ0n) is 9.55. The summed E-state index contributed by atoms with van der Waals surface area (Å²) in [6, 6.07) is 1.70. The number of likely N-dealkylation sites (tertiary alicyclic amines) is 1. The van der Waals surface area contributed by atoms with E-state index in [0.717, 1.165) is 12.1 Å². The van der Waals surface area contributed by atoms with Crippen LogP contribution in [-0.4, -0.2) is 36.6 Å². The van der Waals surface area contributed by atoms with Gasteiger partial charge in [-0.15, -0.1) is 0 Å². The van der Waals surface area contributed by atoms with Crippen LogP contribution in [0.1, 0.15) is 39.5 Å². The van der Waals surface area contributed by atoms with E-state index in [2.05, 4.69) is 24.1 Å². The molecule has 2 heteroatoms. The molecule has 1 heterocycles. The van der Waals surface area contributed by atoms with Crippen LogP contribution in [0.15, 0.2) is 0 Å². The van der Waals surface area contributed by atoms with Crippen molar-refractivity contribution in [2.24, 2.45) is 0 Å². The van der Waals surface area contributed by atoms with E-state index >= 15 is 0 Å². The lowest BCUT2D eigenvalue weighted by atomic mass is 10.0. The second-order valence-electron chi connectivity index (χ2n) is 5.20. The highest BCUT2D eigenvalue weighted by Gasteiger charge is 2.26. The van der Waals surface area contributed by atoms with Crippen LogP contribution in [0, 0.1) is 5.92 Å². The highest BCUT2D eigenvalue weighted by molar-refractivity contribution is 4.89. The van der Waals surface area contributed by atoms with Gasteiger partial charge in [0, 0.05) is 18.6 Å². The van der Waals surface area contributed by atoms with Gasteiger partial charge in [-0.05, 0) is 44.7 Å². The molecular weight excluding hydrogens is 172 g/mol. The SMILES string of the molecule is C[C](C)CN1CCC(NC2CC2)CC1. The molecule has 0 spiro atoms. The zero-order valence-corrected chi connectivity index (χ0v) is 9.55. The summed E-state index contributed by atoms with van der Waals surface area (Å²) in [7, 11) is 0. The maximum atomic E-state index is 3.73. The summed E-state index contributed by atoms with van der Waals surface area (Å²) in [4.78, 5) is 2.58. The summed E-state index contributed by atoms with van der Waals surface area (Å²) in [5, 5.41) is 3.73. The Morgan fingerprint density at radius 1 is 1.07 bits per heavy atom. The number of hydrogen-bond acceptors (Lipinski definition) is 2. The van der Waals surface area contributed by atoms with Gasteiger partial charge in [0.15, 0.2) is 0 Å². The van der Waals surface area contributed by atoms with Gasteiger partial charge in [-0.3, -0.25) is 0 Å². The van der Waals surface area contributed by atoms with Crippen molar-refractivity contribution in [2.45, 2.75) is 51.6 Å². The van der Waals surface area contributed by atoms with Gasteiger partial charge >= 0.3 is 0 Å². The average molecular weight is 195 g/mol. The topological polar surface area (TPSA) is 15.3 Å². The van der Waals surface area contributed by atoms with Crippen LogP contribution < -0.4 is 5.32 Å². The molecule has 1 saturated carbocycles. The minimum absolute atomic E-state index is 0.816. The van der Waals surface area contributed by atoms with Gasteiger partial charge in [0.25, 0.3) is 0 Å². The van der Waals surface area contributed by atoms with E-state index in [1.165, 1.54) is 45.3 Å². The van der Waals surface area contributed by atoms with Crippen molar-refractivity contribution >= 4 is 0 Å². The van der Waals surface area contributed by atoms with Gasteiger partial charge < -0.3 is 10.2 Å². The fourth-order valence-corrected chi connectivity index (χ4v) is 2.29. The van der Waals surface area contributed by atoms with Crippen molar-refractivity contribution in [2.75, 3.05) is 19.6 Å². The Bertz CT molecular complexity index is 155. The Morgan fingerprint density at radius 3 is 2.14 bits per heavy atom. The average Bonchev–Trinajstić information content (AvgIpc) is 2.91. The maximum absolute atomic E-state index is 3.73. The van der Waals surface area contributed by atoms with Crippen LogP contribution in [0.2, 0.25) is 0 Å². The van der Waals surface area contributed by atoms with Crippen molar-refractivity contribution in [3.8, 4) is 0 Å². The van der Waals surface area contributed by atoms with E-state index < -0.39 is 0 Å². The van der Waals surface area contributed by atoms with Gasteiger partial charge in [0.1, 0.15) is 0 Å². The third kappa shape index (κ3) is 3.25. The fraction of sp³-hybridized carbons (Fsp3) is 0.917. The largest absolute Gasteiger partial charge is 0.311 e. The molecule has 81 valence electrons. The van der Waals surface area contributed by atoms with Crippen molar-refractivity contribution in [1.82, 2.24) is 10.2 Å². The number of piperidine rings is 1. The summed E-state index contributed by atoms with van der Waals surface area (Å²) >= 11 is 0. The molecule has 1 aliphatic heterocycles. The molecule has 2 fully saturated rings. The summed E-state index contributed by atoms with van der Waals surface area (Å²) in [6.45, 7) is 8.24. The number of nitrogens with one attached hydrogen (secondary N) is 1. The van der Waals surface area contributed by atoms with Crippen LogP contribution in [-0.2, 0) is 0 Å². The highest BCUT2D eigenvalue weighted by Crippen LogP contribution is 2.22. The minimum atomic E-state index is 0.816. The fourth-order valence-electron chi connectivity index (χ4n) is 2.29. The third-order valence-electron chi connectivity index (χ3n) is 3.18. The van der Waals surface area contributed by atoms with E-state index in [-0.39, 0.29) is 0 Å².